The van der Waals surface area contributed by atoms with E-state index in [9.17, 15) is 0 Å². The monoisotopic (exact) mass is 472 g/mol. The van der Waals surface area contributed by atoms with Crippen molar-refractivity contribution in [2.75, 3.05) is 0 Å². The van der Waals surface area contributed by atoms with E-state index in [-0.39, 0.29) is 11.8 Å². The highest BCUT2D eigenvalue weighted by molar-refractivity contribution is 9.10. The maximum absolute atomic E-state index is 6.77. The third-order valence-electron chi connectivity index (χ3n) is 7.12. The van der Waals surface area contributed by atoms with E-state index in [4.69, 9.17) is 9.84 Å². The van der Waals surface area contributed by atoms with Crippen LogP contribution in [0.1, 0.15) is 60.8 Å². The molecule has 1 unspecified atom stereocenters. The van der Waals surface area contributed by atoms with E-state index < -0.39 is 0 Å². The maximum atomic E-state index is 6.77. The van der Waals surface area contributed by atoms with Crippen molar-refractivity contribution in [2.24, 2.45) is 5.10 Å². The molecule has 0 saturated heterocycles. The highest BCUT2D eigenvalue weighted by Gasteiger charge is 2.51. The van der Waals surface area contributed by atoms with E-state index in [1.54, 1.807) is 0 Å². The normalized spacial score (nSPS) is 26.7. The summed E-state index contributed by atoms with van der Waals surface area (Å²) in [5.41, 5.74) is 4.71. The molecule has 0 N–H and O–H groups in total. The van der Waals surface area contributed by atoms with Gasteiger partial charge in [0.15, 0.2) is 5.72 Å². The zero-order valence-corrected chi connectivity index (χ0v) is 19.0. The van der Waals surface area contributed by atoms with E-state index in [0.29, 0.717) is 5.92 Å². The number of fused-ring (bicyclic) bond motifs is 4. The molecule has 0 radical (unpaired) electrons. The number of benzene rings is 3. The van der Waals surface area contributed by atoms with Crippen LogP contribution in [0.15, 0.2) is 88.4 Å². The average molecular weight is 473 g/mol. The molecule has 0 amide bonds. The number of halogens is 1. The van der Waals surface area contributed by atoms with Crippen molar-refractivity contribution in [2.45, 2.75) is 49.8 Å². The van der Waals surface area contributed by atoms with Gasteiger partial charge in [-0.05, 0) is 48.1 Å². The van der Waals surface area contributed by atoms with Gasteiger partial charge in [0.25, 0.3) is 0 Å². The zero-order valence-electron chi connectivity index (χ0n) is 17.4. The lowest BCUT2D eigenvalue weighted by atomic mass is 9.78. The smallest absolute Gasteiger partial charge is 0.198 e. The van der Waals surface area contributed by atoms with Crippen LogP contribution in [0.25, 0.3) is 0 Å². The molecule has 1 fully saturated rings. The van der Waals surface area contributed by atoms with Crippen LogP contribution in [0.2, 0.25) is 0 Å². The number of para-hydroxylation sites is 1. The summed E-state index contributed by atoms with van der Waals surface area (Å²) < 4.78 is 7.87. The molecule has 2 heterocycles. The van der Waals surface area contributed by atoms with Crippen LogP contribution in [0.5, 0.6) is 5.75 Å². The first kappa shape index (κ1) is 19.1. The highest BCUT2D eigenvalue weighted by Crippen LogP contribution is 2.52. The minimum Gasteiger partial charge on any atom is -0.466 e. The highest BCUT2D eigenvalue weighted by atomic mass is 79.9. The second kappa shape index (κ2) is 7.52. The van der Waals surface area contributed by atoms with Gasteiger partial charge in [0.05, 0.1) is 11.8 Å². The Morgan fingerprint density at radius 2 is 1.58 bits per heavy atom. The van der Waals surface area contributed by atoms with Crippen LogP contribution in [-0.2, 0) is 0 Å². The molecule has 3 nitrogen and oxygen atoms in total. The SMILES string of the molecule is Brc1ccc(C2=NN3C(C2)c2ccccc2OC32CCC(c3ccccc3)CC2)cc1. The number of hydrazone groups is 1. The summed E-state index contributed by atoms with van der Waals surface area (Å²) >= 11 is 3.55. The topological polar surface area (TPSA) is 24.8 Å². The standard InChI is InChI=1S/C27H25BrN2O/c28-22-12-10-21(11-13-22)24-18-25-23-8-4-5-9-26(23)31-27(30(25)29-24)16-14-20(15-17-27)19-6-2-1-3-7-19/h1-13,20,25H,14-18H2. The number of nitrogens with zero attached hydrogens (tertiary/aromatic N) is 2. The summed E-state index contributed by atoms with van der Waals surface area (Å²) in [5.74, 6) is 1.64. The largest absolute Gasteiger partial charge is 0.466 e. The minimum absolute atomic E-state index is 0.247. The first-order chi connectivity index (χ1) is 15.2. The van der Waals surface area contributed by atoms with Crippen LogP contribution in [0, 0.1) is 0 Å². The number of rotatable bonds is 2. The first-order valence-electron chi connectivity index (χ1n) is 11.2. The Bertz CT molecular complexity index is 1120. The summed E-state index contributed by atoms with van der Waals surface area (Å²) in [6.07, 6.45) is 5.16. The number of ether oxygens (including phenoxy) is 1. The van der Waals surface area contributed by atoms with Gasteiger partial charge in [-0.25, -0.2) is 5.01 Å². The Morgan fingerprint density at radius 3 is 2.35 bits per heavy atom. The first-order valence-corrected chi connectivity index (χ1v) is 12.0. The summed E-state index contributed by atoms with van der Waals surface area (Å²) in [6, 6.07) is 28.2. The van der Waals surface area contributed by atoms with Gasteiger partial charge in [-0.1, -0.05) is 76.6 Å². The van der Waals surface area contributed by atoms with Crippen LogP contribution in [-0.4, -0.2) is 16.4 Å². The fourth-order valence-electron chi connectivity index (χ4n) is 5.50. The molecule has 3 aromatic rings. The van der Waals surface area contributed by atoms with Crippen molar-refractivity contribution in [3.63, 3.8) is 0 Å². The van der Waals surface area contributed by atoms with Crippen LogP contribution < -0.4 is 4.74 Å². The molecule has 1 spiro atoms. The van der Waals surface area contributed by atoms with Crippen LogP contribution >= 0.6 is 15.9 Å². The van der Waals surface area contributed by atoms with Gasteiger partial charge in [0.1, 0.15) is 5.75 Å². The van der Waals surface area contributed by atoms with Crippen molar-refractivity contribution >= 4 is 21.6 Å². The van der Waals surface area contributed by atoms with Crippen molar-refractivity contribution in [3.8, 4) is 5.75 Å². The lowest BCUT2D eigenvalue weighted by molar-refractivity contribution is -0.142. The Balaban J connectivity index is 1.35. The van der Waals surface area contributed by atoms with Gasteiger partial charge in [-0.3, -0.25) is 0 Å². The molecule has 0 bridgehead atoms. The Labute approximate surface area is 191 Å². The van der Waals surface area contributed by atoms with Gasteiger partial charge < -0.3 is 4.74 Å². The van der Waals surface area contributed by atoms with Crippen LogP contribution in [0.3, 0.4) is 0 Å². The van der Waals surface area contributed by atoms with Gasteiger partial charge in [-0.2, -0.15) is 5.10 Å². The van der Waals surface area contributed by atoms with Crippen molar-refractivity contribution in [3.05, 3.63) is 100 Å². The van der Waals surface area contributed by atoms with Crippen molar-refractivity contribution < 1.29 is 4.74 Å². The summed E-state index contributed by atoms with van der Waals surface area (Å²) in [5, 5.41) is 7.51. The summed E-state index contributed by atoms with van der Waals surface area (Å²) in [4.78, 5) is 0. The Kier molecular flexibility index (Phi) is 4.64. The molecule has 1 aliphatic carbocycles. The third kappa shape index (κ3) is 3.28. The number of hydrogen-bond acceptors (Lipinski definition) is 3. The molecule has 3 aromatic carbocycles. The predicted octanol–water partition coefficient (Wildman–Crippen LogP) is 7.05. The molecule has 1 saturated carbocycles. The molecule has 156 valence electrons. The third-order valence-corrected chi connectivity index (χ3v) is 7.65. The summed E-state index contributed by atoms with van der Waals surface area (Å²) in [6.45, 7) is 0. The lowest BCUT2D eigenvalue weighted by Crippen LogP contribution is -2.55. The lowest BCUT2D eigenvalue weighted by Gasteiger charge is -2.50. The zero-order chi connectivity index (χ0) is 20.8. The summed E-state index contributed by atoms with van der Waals surface area (Å²) in [7, 11) is 0. The second-order valence-corrected chi connectivity index (χ2v) is 9.80. The molecule has 3 aliphatic rings. The van der Waals surface area contributed by atoms with Gasteiger partial charge in [0, 0.05) is 29.3 Å². The fourth-order valence-corrected chi connectivity index (χ4v) is 5.77. The average Bonchev–Trinajstić information content (AvgIpc) is 3.28. The van der Waals surface area contributed by atoms with Gasteiger partial charge in [-0.15, -0.1) is 0 Å². The van der Waals surface area contributed by atoms with E-state index in [2.05, 4.69) is 99.8 Å². The molecule has 4 heteroatoms. The second-order valence-electron chi connectivity index (χ2n) is 8.89. The minimum atomic E-state index is -0.346. The Hall–Kier alpha value is -2.59. The maximum Gasteiger partial charge on any atom is 0.198 e. The molecular weight excluding hydrogens is 448 g/mol. The molecule has 31 heavy (non-hydrogen) atoms. The van der Waals surface area contributed by atoms with Crippen molar-refractivity contribution in [1.29, 1.82) is 0 Å². The predicted molar refractivity (Wildman–Crippen MR) is 127 cm³/mol. The van der Waals surface area contributed by atoms with E-state index in [1.807, 2.05) is 0 Å². The fraction of sp³-hybridized carbons (Fsp3) is 0.296. The van der Waals surface area contributed by atoms with Crippen molar-refractivity contribution in [1.82, 2.24) is 5.01 Å². The molecule has 0 aromatic heterocycles. The van der Waals surface area contributed by atoms with Crippen LogP contribution in [0.4, 0.5) is 0 Å². The molecule has 6 rings (SSSR count). The molecule has 2 aliphatic heterocycles. The molecule has 1 atom stereocenters. The van der Waals surface area contributed by atoms with Gasteiger partial charge in [0.2, 0.25) is 0 Å². The van der Waals surface area contributed by atoms with Gasteiger partial charge >= 0.3 is 0 Å². The Morgan fingerprint density at radius 1 is 0.871 bits per heavy atom. The van der Waals surface area contributed by atoms with E-state index in [1.165, 1.54) is 16.7 Å². The molecular formula is C27H25BrN2O. The van der Waals surface area contributed by atoms with E-state index >= 15 is 0 Å². The number of hydrogen-bond donors (Lipinski definition) is 0. The quantitative estimate of drug-likeness (QED) is 0.399. The van der Waals surface area contributed by atoms with E-state index in [0.717, 1.165) is 48.0 Å².